The zero-order chi connectivity index (χ0) is 15.4. The quantitative estimate of drug-likeness (QED) is 0.802. The number of hydrogen-bond donors (Lipinski definition) is 3. The molecule has 6 heteroatoms. The Kier molecular flexibility index (Phi) is 4.08. The van der Waals surface area contributed by atoms with Crippen LogP contribution in [0.15, 0.2) is 42.5 Å². The van der Waals surface area contributed by atoms with Gasteiger partial charge in [0.05, 0.1) is 18.2 Å². The van der Waals surface area contributed by atoms with Crippen LogP contribution in [0.4, 0.5) is 5.69 Å². The van der Waals surface area contributed by atoms with Crippen LogP contribution < -0.4 is 10.1 Å². The van der Waals surface area contributed by atoms with E-state index in [1.807, 2.05) is 0 Å². The fraction of sp³-hybridized carbons (Fsp3) is 0.0667. The number of phenols is 1. The first-order chi connectivity index (χ1) is 10.0. The molecule has 0 unspecified atom stereocenters. The molecule has 0 saturated heterocycles. The molecule has 0 aliphatic heterocycles. The van der Waals surface area contributed by atoms with Gasteiger partial charge in [0, 0.05) is 11.8 Å². The summed E-state index contributed by atoms with van der Waals surface area (Å²) in [6.45, 7) is 0. The number of carboxylic acid groups (broad SMARTS) is 1. The number of hydrogen-bond acceptors (Lipinski definition) is 4. The number of ether oxygens (including phenoxy) is 1. The average Bonchev–Trinajstić information content (AvgIpc) is 2.47. The number of rotatable bonds is 4. The van der Waals surface area contributed by atoms with Crippen LogP contribution in [0, 0.1) is 0 Å². The van der Waals surface area contributed by atoms with Gasteiger partial charge in [-0.05, 0) is 24.3 Å². The first-order valence-electron chi connectivity index (χ1n) is 6.03. The summed E-state index contributed by atoms with van der Waals surface area (Å²) >= 11 is 0. The van der Waals surface area contributed by atoms with E-state index in [1.165, 1.54) is 31.4 Å². The summed E-state index contributed by atoms with van der Waals surface area (Å²) in [4.78, 5) is 23.2. The third-order valence-corrected chi connectivity index (χ3v) is 2.84. The van der Waals surface area contributed by atoms with Gasteiger partial charge in [-0.25, -0.2) is 4.79 Å². The zero-order valence-electron chi connectivity index (χ0n) is 11.2. The lowest BCUT2D eigenvalue weighted by molar-refractivity contribution is 0.0692. The van der Waals surface area contributed by atoms with E-state index in [-0.39, 0.29) is 22.6 Å². The van der Waals surface area contributed by atoms with Crippen molar-refractivity contribution in [1.82, 2.24) is 0 Å². The normalized spacial score (nSPS) is 9.95. The van der Waals surface area contributed by atoms with Gasteiger partial charge in [-0.2, -0.15) is 0 Å². The zero-order valence-corrected chi connectivity index (χ0v) is 11.2. The van der Waals surface area contributed by atoms with E-state index in [4.69, 9.17) is 9.84 Å². The fourth-order valence-electron chi connectivity index (χ4n) is 1.83. The molecule has 2 aromatic carbocycles. The van der Waals surface area contributed by atoms with Crippen LogP contribution in [-0.4, -0.2) is 29.2 Å². The summed E-state index contributed by atoms with van der Waals surface area (Å²) in [5.74, 6) is -1.60. The number of carboxylic acids is 1. The molecule has 108 valence electrons. The molecule has 0 spiro atoms. The first kappa shape index (κ1) is 14.4. The van der Waals surface area contributed by atoms with Crippen molar-refractivity contribution in [2.24, 2.45) is 0 Å². The molecule has 2 aromatic rings. The summed E-state index contributed by atoms with van der Waals surface area (Å²) in [7, 11) is 1.41. The molecule has 0 atom stereocenters. The molecule has 0 fully saturated rings. The van der Waals surface area contributed by atoms with E-state index < -0.39 is 11.9 Å². The van der Waals surface area contributed by atoms with Crippen LogP contribution >= 0.6 is 0 Å². The summed E-state index contributed by atoms with van der Waals surface area (Å²) in [6, 6.07) is 10.2. The second-order valence-electron chi connectivity index (χ2n) is 4.19. The van der Waals surface area contributed by atoms with Crippen molar-refractivity contribution < 1.29 is 24.5 Å². The second-order valence-corrected chi connectivity index (χ2v) is 4.19. The smallest absolute Gasteiger partial charge is 0.336 e. The molecule has 0 aliphatic rings. The lowest BCUT2D eigenvalue weighted by Crippen LogP contribution is -2.16. The molecule has 0 aliphatic carbocycles. The molecule has 0 radical (unpaired) electrons. The lowest BCUT2D eigenvalue weighted by Gasteiger charge is -2.09. The third-order valence-electron chi connectivity index (χ3n) is 2.84. The van der Waals surface area contributed by atoms with E-state index in [9.17, 15) is 14.7 Å². The van der Waals surface area contributed by atoms with E-state index in [0.29, 0.717) is 5.69 Å². The van der Waals surface area contributed by atoms with Crippen molar-refractivity contribution in [1.29, 1.82) is 0 Å². The molecule has 2 rings (SSSR count). The number of anilines is 1. The number of aromatic hydroxyl groups is 1. The number of aromatic carboxylic acids is 1. The second kappa shape index (κ2) is 5.96. The van der Waals surface area contributed by atoms with Crippen LogP contribution in [0.2, 0.25) is 0 Å². The van der Waals surface area contributed by atoms with Crippen LogP contribution in [0.25, 0.3) is 0 Å². The van der Waals surface area contributed by atoms with Gasteiger partial charge in [-0.3, -0.25) is 4.79 Å². The molecule has 0 saturated carbocycles. The first-order valence-corrected chi connectivity index (χ1v) is 6.03. The Labute approximate surface area is 120 Å². The molecular formula is C15H13NO5. The number of nitrogens with one attached hydrogen (secondary N) is 1. The van der Waals surface area contributed by atoms with Gasteiger partial charge >= 0.3 is 5.97 Å². The third kappa shape index (κ3) is 3.11. The van der Waals surface area contributed by atoms with Gasteiger partial charge in [-0.15, -0.1) is 0 Å². The highest BCUT2D eigenvalue weighted by atomic mass is 16.5. The maximum Gasteiger partial charge on any atom is 0.336 e. The number of benzene rings is 2. The van der Waals surface area contributed by atoms with Gasteiger partial charge in [0.15, 0.2) is 11.5 Å². The van der Waals surface area contributed by atoms with E-state index in [2.05, 4.69) is 5.32 Å². The predicted molar refractivity (Wildman–Crippen MR) is 76.0 cm³/mol. The number of amides is 1. The maximum absolute atomic E-state index is 12.1. The highest BCUT2D eigenvalue weighted by molar-refractivity contribution is 6.10. The lowest BCUT2D eigenvalue weighted by atomic mass is 10.1. The van der Waals surface area contributed by atoms with Crippen molar-refractivity contribution in [3.63, 3.8) is 0 Å². The Bertz CT molecular complexity index is 696. The van der Waals surface area contributed by atoms with Gasteiger partial charge in [0.2, 0.25) is 0 Å². The van der Waals surface area contributed by atoms with Crippen molar-refractivity contribution >= 4 is 17.6 Å². The predicted octanol–water partition coefficient (Wildman–Crippen LogP) is 2.35. The minimum Gasteiger partial charge on any atom is -0.504 e. The van der Waals surface area contributed by atoms with Gasteiger partial charge in [0.1, 0.15) is 0 Å². The molecular weight excluding hydrogens is 274 g/mol. The van der Waals surface area contributed by atoms with Gasteiger partial charge in [-0.1, -0.05) is 12.1 Å². The Morgan fingerprint density at radius 3 is 2.33 bits per heavy atom. The topological polar surface area (TPSA) is 95.9 Å². The summed E-state index contributed by atoms with van der Waals surface area (Å²) in [6.07, 6.45) is 0. The summed E-state index contributed by atoms with van der Waals surface area (Å²) in [5.41, 5.74) is 0.284. The SMILES string of the molecule is COc1ccc(NC(=O)c2ccccc2C(=O)O)cc1O. The van der Waals surface area contributed by atoms with E-state index in [1.54, 1.807) is 18.2 Å². The minimum atomic E-state index is -1.18. The summed E-state index contributed by atoms with van der Waals surface area (Å²) in [5, 5.41) is 21.2. The fourth-order valence-corrected chi connectivity index (χ4v) is 1.83. The van der Waals surface area contributed by atoms with Crippen LogP contribution in [-0.2, 0) is 0 Å². The number of phenolic OH excluding ortho intramolecular Hbond substituents is 1. The van der Waals surface area contributed by atoms with E-state index >= 15 is 0 Å². The molecule has 0 bridgehead atoms. The molecule has 21 heavy (non-hydrogen) atoms. The molecule has 6 nitrogen and oxygen atoms in total. The van der Waals surface area contributed by atoms with Crippen molar-refractivity contribution in [2.75, 3.05) is 12.4 Å². The number of methoxy groups -OCH3 is 1. The largest absolute Gasteiger partial charge is 0.504 e. The van der Waals surface area contributed by atoms with Gasteiger partial charge in [0.25, 0.3) is 5.91 Å². The molecule has 1 amide bonds. The van der Waals surface area contributed by atoms with Crippen LogP contribution in [0.1, 0.15) is 20.7 Å². The molecule has 0 aromatic heterocycles. The Morgan fingerprint density at radius 1 is 1.10 bits per heavy atom. The Hall–Kier alpha value is -3.02. The monoisotopic (exact) mass is 287 g/mol. The van der Waals surface area contributed by atoms with Crippen molar-refractivity contribution in [3.05, 3.63) is 53.6 Å². The maximum atomic E-state index is 12.1. The van der Waals surface area contributed by atoms with Gasteiger partial charge < -0.3 is 20.3 Å². The minimum absolute atomic E-state index is 0.0420. The Morgan fingerprint density at radius 2 is 1.76 bits per heavy atom. The number of carbonyl (C=O) groups is 2. The van der Waals surface area contributed by atoms with E-state index in [0.717, 1.165) is 0 Å². The van der Waals surface area contributed by atoms with Crippen molar-refractivity contribution in [2.45, 2.75) is 0 Å². The standard InChI is InChI=1S/C15H13NO5/c1-21-13-7-6-9(8-12(13)17)16-14(18)10-4-2-3-5-11(10)15(19)20/h2-8,17H,1H3,(H,16,18)(H,19,20). The highest BCUT2D eigenvalue weighted by Gasteiger charge is 2.16. The molecule has 3 N–H and O–H groups in total. The van der Waals surface area contributed by atoms with Crippen molar-refractivity contribution in [3.8, 4) is 11.5 Å². The van der Waals surface area contributed by atoms with Crippen LogP contribution in [0.3, 0.4) is 0 Å². The average molecular weight is 287 g/mol. The van der Waals surface area contributed by atoms with Crippen LogP contribution in [0.5, 0.6) is 11.5 Å². The number of carbonyl (C=O) groups excluding carboxylic acids is 1. The summed E-state index contributed by atoms with van der Waals surface area (Å²) < 4.78 is 4.90. The Balaban J connectivity index is 2.26. The highest BCUT2D eigenvalue weighted by Crippen LogP contribution is 2.28. The molecule has 0 heterocycles.